The van der Waals surface area contributed by atoms with E-state index in [0.29, 0.717) is 0 Å². The number of rotatable bonds is 2. The minimum atomic E-state index is 0.0787. The zero-order valence-electron chi connectivity index (χ0n) is 10.5. The van der Waals surface area contributed by atoms with Crippen LogP contribution in [0.15, 0.2) is 24.3 Å². The summed E-state index contributed by atoms with van der Waals surface area (Å²) in [6.45, 7) is 3.19. The summed E-state index contributed by atoms with van der Waals surface area (Å²) in [5.74, 6) is 0.183. The Hall–Kier alpha value is -1.96. The van der Waals surface area contributed by atoms with Gasteiger partial charge in [-0.1, -0.05) is 24.3 Å². The number of aryl methyl sites for hydroxylation is 2. The zero-order valence-corrected chi connectivity index (χ0v) is 10.5. The molecular formula is C16H14O2. The average Bonchev–Trinajstić information content (AvgIpc) is 2.75. The summed E-state index contributed by atoms with van der Waals surface area (Å²) in [6, 6.07) is 7.71. The van der Waals surface area contributed by atoms with Gasteiger partial charge in [0.2, 0.25) is 0 Å². The third-order valence-electron chi connectivity index (χ3n) is 3.78. The maximum absolute atomic E-state index is 11.7. The van der Waals surface area contributed by atoms with E-state index in [9.17, 15) is 9.59 Å². The topological polar surface area (TPSA) is 34.1 Å². The molecule has 0 saturated heterocycles. The summed E-state index contributed by atoms with van der Waals surface area (Å²) in [5, 5.41) is 2.13. The minimum Gasteiger partial charge on any atom is -0.295 e. The number of benzene rings is 2. The van der Waals surface area contributed by atoms with Crippen LogP contribution in [0, 0.1) is 0 Å². The summed E-state index contributed by atoms with van der Waals surface area (Å²) in [5.41, 5.74) is 3.94. The molecule has 18 heavy (non-hydrogen) atoms. The number of carbonyl (C=O) groups excluding carboxylic acids is 2. The van der Waals surface area contributed by atoms with Crippen LogP contribution in [0.5, 0.6) is 0 Å². The highest BCUT2D eigenvalue weighted by molar-refractivity contribution is 6.11. The van der Waals surface area contributed by atoms with Gasteiger partial charge in [-0.3, -0.25) is 9.59 Å². The first-order valence-electron chi connectivity index (χ1n) is 6.19. The molecule has 3 rings (SSSR count). The zero-order chi connectivity index (χ0) is 12.9. The van der Waals surface area contributed by atoms with Crippen molar-refractivity contribution in [3.8, 4) is 0 Å². The lowest BCUT2D eigenvalue weighted by Gasteiger charge is -2.09. The molecular weight excluding hydrogens is 224 g/mol. The van der Waals surface area contributed by atoms with Crippen molar-refractivity contribution in [2.24, 2.45) is 0 Å². The second-order valence-electron chi connectivity index (χ2n) is 4.90. The van der Waals surface area contributed by atoms with Crippen molar-refractivity contribution in [3.63, 3.8) is 0 Å². The highest BCUT2D eigenvalue weighted by atomic mass is 16.1. The van der Waals surface area contributed by atoms with Crippen molar-refractivity contribution in [2.45, 2.75) is 26.7 Å². The fourth-order valence-corrected chi connectivity index (χ4v) is 2.96. The molecule has 0 heterocycles. The molecule has 2 aromatic carbocycles. The maximum atomic E-state index is 11.7. The Morgan fingerprint density at radius 1 is 0.889 bits per heavy atom. The lowest BCUT2D eigenvalue weighted by atomic mass is 9.94. The molecule has 2 nitrogen and oxygen atoms in total. The van der Waals surface area contributed by atoms with E-state index in [1.807, 2.05) is 24.3 Å². The molecule has 0 bridgehead atoms. The highest BCUT2D eigenvalue weighted by Crippen LogP contribution is 2.35. The van der Waals surface area contributed by atoms with Crippen LogP contribution in [0.25, 0.3) is 10.8 Å². The van der Waals surface area contributed by atoms with E-state index in [1.54, 1.807) is 13.8 Å². The van der Waals surface area contributed by atoms with Crippen molar-refractivity contribution in [1.29, 1.82) is 0 Å². The molecule has 2 aromatic rings. The van der Waals surface area contributed by atoms with Gasteiger partial charge in [0.1, 0.15) is 0 Å². The molecule has 0 radical (unpaired) electrons. The largest absolute Gasteiger partial charge is 0.295 e. The normalized spacial score (nSPS) is 13.0. The Balaban J connectivity index is 2.44. The fourth-order valence-electron chi connectivity index (χ4n) is 2.96. The summed E-state index contributed by atoms with van der Waals surface area (Å²) in [7, 11) is 0. The molecule has 0 N–H and O–H groups in total. The van der Waals surface area contributed by atoms with Crippen molar-refractivity contribution >= 4 is 22.3 Å². The average molecular weight is 238 g/mol. The van der Waals surface area contributed by atoms with Gasteiger partial charge in [-0.05, 0) is 48.6 Å². The first kappa shape index (κ1) is 11.1. The Kier molecular flexibility index (Phi) is 2.34. The third-order valence-corrected chi connectivity index (χ3v) is 3.78. The third kappa shape index (κ3) is 1.42. The predicted octanol–water partition coefficient (Wildman–Crippen LogP) is 3.34. The Bertz CT molecular complexity index is 696. The highest BCUT2D eigenvalue weighted by Gasteiger charge is 2.21. The first-order chi connectivity index (χ1) is 8.59. The van der Waals surface area contributed by atoms with Gasteiger partial charge in [0.05, 0.1) is 0 Å². The first-order valence-corrected chi connectivity index (χ1v) is 6.19. The second kappa shape index (κ2) is 3.77. The van der Waals surface area contributed by atoms with E-state index in [1.165, 1.54) is 5.56 Å². The molecule has 0 unspecified atom stereocenters. The summed E-state index contributed by atoms with van der Waals surface area (Å²) >= 11 is 0. The van der Waals surface area contributed by atoms with E-state index in [-0.39, 0.29) is 11.6 Å². The number of ketones is 2. The monoisotopic (exact) mass is 238 g/mol. The van der Waals surface area contributed by atoms with Crippen LogP contribution >= 0.6 is 0 Å². The molecule has 0 saturated carbocycles. The molecule has 0 amide bonds. The Labute approximate surface area is 106 Å². The summed E-state index contributed by atoms with van der Waals surface area (Å²) in [4.78, 5) is 23.3. The van der Waals surface area contributed by atoms with E-state index in [4.69, 9.17) is 0 Å². The van der Waals surface area contributed by atoms with Gasteiger partial charge in [-0.15, -0.1) is 0 Å². The van der Waals surface area contributed by atoms with Crippen molar-refractivity contribution in [2.75, 3.05) is 0 Å². The quantitative estimate of drug-likeness (QED) is 0.752. The van der Waals surface area contributed by atoms with Gasteiger partial charge in [0, 0.05) is 11.1 Å². The minimum absolute atomic E-state index is 0.0787. The molecule has 0 fully saturated rings. The van der Waals surface area contributed by atoms with Crippen LogP contribution in [-0.4, -0.2) is 11.6 Å². The lowest BCUT2D eigenvalue weighted by Crippen LogP contribution is -2.00. The summed E-state index contributed by atoms with van der Waals surface area (Å²) in [6.07, 6.45) is 1.87. The van der Waals surface area contributed by atoms with Gasteiger partial charge in [0.25, 0.3) is 0 Å². The molecule has 0 atom stereocenters. The molecule has 0 aliphatic heterocycles. The van der Waals surface area contributed by atoms with Gasteiger partial charge >= 0.3 is 0 Å². The van der Waals surface area contributed by atoms with Gasteiger partial charge < -0.3 is 0 Å². The number of hydrogen-bond acceptors (Lipinski definition) is 2. The number of carbonyl (C=O) groups is 2. The Morgan fingerprint density at radius 3 is 2.22 bits per heavy atom. The standard InChI is InChI=1S/C16H14O2/c1-9(17)12-5-3-11-4-6-14-13(10(2)18)7-8-15(12)16(11)14/h3,5,7-8H,4,6H2,1-2H3. The second-order valence-corrected chi connectivity index (χ2v) is 4.90. The van der Waals surface area contributed by atoms with Crippen LogP contribution in [0.2, 0.25) is 0 Å². The molecule has 90 valence electrons. The lowest BCUT2D eigenvalue weighted by molar-refractivity contribution is 0.101. The molecule has 0 aromatic heterocycles. The summed E-state index contributed by atoms with van der Waals surface area (Å²) < 4.78 is 0. The van der Waals surface area contributed by atoms with Crippen molar-refractivity contribution < 1.29 is 9.59 Å². The SMILES string of the molecule is CC(=O)c1ccc2c(C(C)=O)ccc3c2c1CC3. The van der Waals surface area contributed by atoms with Gasteiger partial charge in [-0.25, -0.2) is 0 Å². The van der Waals surface area contributed by atoms with E-state index < -0.39 is 0 Å². The molecule has 0 spiro atoms. The van der Waals surface area contributed by atoms with Crippen molar-refractivity contribution in [1.82, 2.24) is 0 Å². The van der Waals surface area contributed by atoms with Crippen LogP contribution in [0.3, 0.4) is 0 Å². The molecule has 1 aliphatic rings. The molecule has 2 heteroatoms. The predicted molar refractivity (Wildman–Crippen MR) is 71.4 cm³/mol. The van der Waals surface area contributed by atoms with E-state index >= 15 is 0 Å². The molecule has 1 aliphatic carbocycles. The van der Waals surface area contributed by atoms with E-state index in [2.05, 4.69) is 0 Å². The number of Topliss-reactive ketones (excluding diaryl/α,β-unsaturated/α-hetero) is 2. The van der Waals surface area contributed by atoms with Crippen molar-refractivity contribution in [3.05, 3.63) is 46.5 Å². The Morgan fingerprint density at radius 2 is 1.56 bits per heavy atom. The fraction of sp³-hybridized carbons (Fsp3) is 0.250. The van der Waals surface area contributed by atoms with Crippen LogP contribution < -0.4 is 0 Å². The van der Waals surface area contributed by atoms with Crippen LogP contribution in [0.1, 0.15) is 45.7 Å². The van der Waals surface area contributed by atoms with Crippen LogP contribution in [-0.2, 0) is 12.8 Å². The smallest absolute Gasteiger partial charge is 0.160 e. The van der Waals surface area contributed by atoms with E-state index in [0.717, 1.165) is 40.3 Å². The van der Waals surface area contributed by atoms with Gasteiger partial charge in [0.15, 0.2) is 11.6 Å². The maximum Gasteiger partial charge on any atom is 0.160 e. The van der Waals surface area contributed by atoms with Gasteiger partial charge in [-0.2, -0.15) is 0 Å². The van der Waals surface area contributed by atoms with Crippen LogP contribution in [0.4, 0.5) is 0 Å². The number of hydrogen-bond donors (Lipinski definition) is 0.